The quantitative estimate of drug-likeness (QED) is 0.910. The van der Waals surface area contributed by atoms with Crippen molar-refractivity contribution in [3.63, 3.8) is 0 Å². The molecule has 0 atom stereocenters. The van der Waals surface area contributed by atoms with Gasteiger partial charge in [0, 0.05) is 5.56 Å². The zero-order valence-electron chi connectivity index (χ0n) is 8.73. The lowest BCUT2D eigenvalue weighted by Crippen LogP contribution is -2.03. The number of carbonyl (C=O) groups is 1. The van der Waals surface area contributed by atoms with E-state index >= 15 is 0 Å². The topological polar surface area (TPSA) is 50.2 Å². The standard InChI is InChI=1S/C11H6F3NO2S/c12-11(13,14)7-3-1-6(2-4-7)8-5-9(10(16)17)18-15-8/h1-5H,(H,16,17). The predicted octanol–water partition coefficient (Wildman–Crippen LogP) is 3.53. The summed E-state index contributed by atoms with van der Waals surface area (Å²) in [5, 5.41) is 8.72. The van der Waals surface area contributed by atoms with Gasteiger partial charge in [-0.2, -0.15) is 17.5 Å². The molecular formula is C11H6F3NO2S. The summed E-state index contributed by atoms with van der Waals surface area (Å²) in [7, 11) is 0. The number of rotatable bonds is 2. The Kier molecular flexibility index (Phi) is 3.08. The maximum atomic E-state index is 12.3. The molecule has 0 amide bonds. The Balaban J connectivity index is 2.31. The van der Waals surface area contributed by atoms with Crippen LogP contribution in [0.4, 0.5) is 13.2 Å². The smallest absolute Gasteiger partial charge is 0.416 e. The van der Waals surface area contributed by atoms with Gasteiger partial charge in [-0.05, 0) is 29.7 Å². The molecule has 94 valence electrons. The Morgan fingerprint density at radius 3 is 2.28 bits per heavy atom. The van der Waals surface area contributed by atoms with Crippen molar-refractivity contribution in [2.45, 2.75) is 6.18 Å². The highest BCUT2D eigenvalue weighted by Crippen LogP contribution is 2.31. The van der Waals surface area contributed by atoms with E-state index < -0.39 is 17.7 Å². The number of carboxylic acids is 1. The normalized spacial score (nSPS) is 11.5. The van der Waals surface area contributed by atoms with Gasteiger partial charge in [-0.25, -0.2) is 4.79 Å². The van der Waals surface area contributed by atoms with E-state index in [1.54, 1.807) is 0 Å². The van der Waals surface area contributed by atoms with Crippen molar-refractivity contribution in [2.75, 3.05) is 0 Å². The fraction of sp³-hybridized carbons (Fsp3) is 0.0909. The Hall–Kier alpha value is -1.89. The summed E-state index contributed by atoms with van der Waals surface area (Å²) in [6.07, 6.45) is -4.38. The molecular weight excluding hydrogens is 267 g/mol. The third kappa shape index (κ3) is 2.51. The van der Waals surface area contributed by atoms with Gasteiger partial charge < -0.3 is 5.11 Å². The highest BCUT2D eigenvalue weighted by Gasteiger charge is 2.30. The molecule has 1 heterocycles. The van der Waals surface area contributed by atoms with Crippen LogP contribution in [0.25, 0.3) is 11.3 Å². The van der Waals surface area contributed by atoms with Crippen molar-refractivity contribution in [2.24, 2.45) is 0 Å². The van der Waals surface area contributed by atoms with Crippen molar-refractivity contribution in [3.05, 3.63) is 40.8 Å². The Morgan fingerprint density at radius 1 is 1.22 bits per heavy atom. The Bertz CT molecular complexity index is 575. The van der Waals surface area contributed by atoms with Gasteiger partial charge >= 0.3 is 12.1 Å². The SMILES string of the molecule is O=C(O)c1cc(-c2ccc(C(F)(F)F)cc2)ns1. The third-order valence-corrected chi connectivity index (χ3v) is 3.01. The minimum atomic E-state index is -4.38. The van der Waals surface area contributed by atoms with Crippen molar-refractivity contribution >= 4 is 17.5 Å². The first-order valence-corrected chi connectivity index (χ1v) is 5.53. The van der Waals surface area contributed by atoms with E-state index in [0.717, 1.165) is 23.7 Å². The average Bonchev–Trinajstić information content (AvgIpc) is 2.77. The van der Waals surface area contributed by atoms with Gasteiger partial charge in [-0.3, -0.25) is 0 Å². The van der Waals surface area contributed by atoms with Gasteiger partial charge in [0.05, 0.1) is 11.3 Å². The Morgan fingerprint density at radius 2 is 1.83 bits per heavy atom. The molecule has 0 saturated carbocycles. The predicted molar refractivity (Wildman–Crippen MR) is 59.5 cm³/mol. The number of nitrogens with zero attached hydrogens (tertiary/aromatic N) is 1. The summed E-state index contributed by atoms with van der Waals surface area (Å²) >= 11 is 0.790. The summed E-state index contributed by atoms with van der Waals surface area (Å²) in [5.41, 5.74) is 0.0535. The number of carboxylic acid groups (broad SMARTS) is 1. The minimum Gasteiger partial charge on any atom is -0.477 e. The molecule has 7 heteroatoms. The largest absolute Gasteiger partial charge is 0.477 e. The van der Waals surface area contributed by atoms with Crippen LogP contribution in [0, 0.1) is 0 Å². The summed E-state index contributed by atoms with van der Waals surface area (Å²) in [6, 6.07) is 5.74. The lowest BCUT2D eigenvalue weighted by Gasteiger charge is -2.06. The van der Waals surface area contributed by atoms with Gasteiger partial charge in [-0.1, -0.05) is 12.1 Å². The van der Waals surface area contributed by atoms with Gasteiger partial charge in [0.25, 0.3) is 0 Å². The number of aromatic carboxylic acids is 1. The van der Waals surface area contributed by atoms with E-state index in [2.05, 4.69) is 4.37 Å². The fourth-order valence-corrected chi connectivity index (χ4v) is 1.94. The van der Waals surface area contributed by atoms with Gasteiger partial charge in [0.15, 0.2) is 0 Å². The number of hydrogen-bond donors (Lipinski definition) is 1. The van der Waals surface area contributed by atoms with E-state index in [9.17, 15) is 18.0 Å². The maximum absolute atomic E-state index is 12.3. The molecule has 0 aliphatic rings. The van der Waals surface area contributed by atoms with E-state index in [1.165, 1.54) is 18.2 Å². The molecule has 2 aromatic rings. The van der Waals surface area contributed by atoms with Gasteiger partial charge in [-0.15, -0.1) is 0 Å². The summed E-state index contributed by atoms with van der Waals surface area (Å²) in [6.45, 7) is 0. The van der Waals surface area contributed by atoms with Crippen LogP contribution in [0.2, 0.25) is 0 Å². The summed E-state index contributed by atoms with van der Waals surface area (Å²) in [5.74, 6) is -1.11. The van der Waals surface area contributed by atoms with Crippen molar-refractivity contribution < 1.29 is 23.1 Å². The molecule has 18 heavy (non-hydrogen) atoms. The van der Waals surface area contributed by atoms with Crippen LogP contribution < -0.4 is 0 Å². The van der Waals surface area contributed by atoms with Crippen LogP contribution in [0.15, 0.2) is 30.3 Å². The number of hydrogen-bond acceptors (Lipinski definition) is 3. The molecule has 0 bridgehead atoms. The van der Waals surface area contributed by atoms with Crippen molar-refractivity contribution in [3.8, 4) is 11.3 Å². The van der Waals surface area contributed by atoms with E-state index in [4.69, 9.17) is 5.11 Å². The molecule has 1 aromatic carbocycles. The lowest BCUT2D eigenvalue weighted by atomic mass is 10.1. The molecule has 1 aromatic heterocycles. The van der Waals surface area contributed by atoms with Crippen LogP contribution in [0.1, 0.15) is 15.2 Å². The molecule has 3 nitrogen and oxygen atoms in total. The number of alkyl halides is 3. The number of aromatic nitrogens is 1. The number of benzene rings is 1. The molecule has 0 radical (unpaired) electrons. The van der Waals surface area contributed by atoms with Crippen molar-refractivity contribution in [1.82, 2.24) is 4.37 Å². The lowest BCUT2D eigenvalue weighted by molar-refractivity contribution is -0.137. The Labute approximate surface area is 104 Å². The zero-order valence-corrected chi connectivity index (χ0v) is 9.55. The second-order valence-electron chi connectivity index (χ2n) is 3.46. The summed E-state index contributed by atoms with van der Waals surface area (Å²) < 4.78 is 40.9. The van der Waals surface area contributed by atoms with Crippen LogP contribution in [-0.4, -0.2) is 15.4 Å². The first kappa shape index (κ1) is 12.6. The molecule has 0 fully saturated rings. The highest BCUT2D eigenvalue weighted by molar-refractivity contribution is 7.08. The van der Waals surface area contributed by atoms with E-state index in [0.29, 0.717) is 11.3 Å². The average molecular weight is 273 g/mol. The molecule has 0 aliphatic heterocycles. The molecule has 0 unspecified atom stereocenters. The molecule has 2 rings (SSSR count). The number of halogens is 3. The molecule has 0 spiro atoms. The monoisotopic (exact) mass is 273 g/mol. The fourth-order valence-electron chi connectivity index (χ4n) is 1.34. The second-order valence-corrected chi connectivity index (χ2v) is 4.26. The van der Waals surface area contributed by atoms with Gasteiger partial charge in [0.1, 0.15) is 4.88 Å². The maximum Gasteiger partial charge on any atom is 0.416 e. The van der Waals surface area contributed by atoms with Crippen molar-refractivity contribution in [1.29, 1.82) is 0 Å². The minimum absolute atomic E-state index is 0.0462. The highest BCUT2D eigenvalue weighted by atomic mass is 32.1. The zero-order chi connectivity index (χ0) is 13.3. The van der Waals surface area contributed by atoms with Crippen LogP contribution in [0.3, 0.4) is 0 Å². The first-order valence-electron chi connectivity index (χ1n) is 4.75. The second kappa shape index (κ2) is 4.41. The molecule has 0 aliphatic carbocycles. The molecule has 1 N–H and O–H groups in total. The summed E-state index contributed by atoms with van der Waals surface area (Å²) in [4.78, 5) is 10.7. The van der Waals surface area contributed by atoms with E-state index in [1.807, 2.05) is 0 Å². The van der Waals surface area contributed by atoms with Crippen LogP contribution in [-0.2, 0) is 6.18 Å². The molecule has 0 saturated heterocycles. The van der Waals surface area contributed by atoms with E-state index in [-0.39, 0.29) is 4.88 Å². The van der Waals surface area contributed by atoms with Gasteiger partial charge in [0.2, 0.25) is 0 Å². The van der Waals surface area contributed by atoms with Crippen LogP contribution in [0.5, 0.6) is 0 Å². The third-order valence-electron chi connectivity index (χ3n) is 2.23. The van der Waals surface area contributed by atoms with Crippen LogP contribution >= 0.6 is 11.5 Å². The first-order chi connectivity index (χ1) is 8.38.